The number of hydrogen-bond acceptors (Lipinski definition) is 1. The zero-order chi connectivity index (χ0) is 7.94. The first kappa shape index (κ1) is 8.28. The molecule has 0 amide bonds. The number of hydrogen-bond donors (Lipinski definition) is 1. The fraction of sp³-hybridized carbons (Fsp3) is 0.300. The summed E-state index contributed by atoms with van der Waals surface area (Å²) in [5.74, 6) is 0. The van der Waals surface area contributed by atoms with E-state index in [1.54, 1.807) is 0 Å². The van der Waals surface area contributed by atoms with Crippen molar-refractivity contribution >= 4 is 0 Å². The van der Waals surface area contributed by atoms with Gasteiger partial charge in [-0.2, -0.15) is 0 Å². The average Bonchev–Trinajstić information content (AvgIpc) is 2.07. The van der Waals surface area contributed by atoms with Gasteiger partial charge in [0.05, 0.1) is 6.54 Å². The van der Waals surface area contributed by atoms with Crippen molar-refractivity contribution in [2.24, 2.45) is 0 Å². The van der Waals surface area contributed by atoms with Gasteiger partial charge in [0.25, 0.3) is 0 Å². The zero-order valence-electron chi connectivity index (χ0n) is 6.88. The van der Waals surface area contributed by atoms with E-state index in [1.165, 1.54) is 12.0 Å². The molecule has 0 fully saturated rings. The number of benzene rings is 1. The van der Waals surface area contributed by atoms with E-state index in [-0.39, 0.29) is 0 Å². The molecule has 0 atom stereocenters. The van der Waals surface area contributed by atoms with Crippen LogP contribution in [-0.2, 0) is 0 Å². The number of nitrogens with one attached hydrogen (secondary N) is 1. The van der Waals surface area contributed by atoms with Crippen molar-refractivity contribution in [2.45, 2.75) is 13.3 Å². The summed E-state index contributed by atoms with van der Waals surface area (Å²) in [6, 6.07) is 10.3. The molecule has 1 rings (SSSR count). The first-order valence-electron chi connectivity index (χ1n) is 4.05. The maximum atomic E-state index is 3.23. The molecule has 1 aromatic carbocycles. The average molecular weight is 148 g/mol. The van der Waals surface area contributed by atoms with Gasteiger partial charge in [0.15, 0.2) is 0 Å². The van der Waals surface area contributed by atoms with E-state index < -0.39 is 0 Å². The van der Waals surface area contributed by atoms with Gasteiger partial charge in [-0.05, 0) is 18.5 Å². The normalized spacial score (nSPS) is 9.91. The summed E-state index contributed by atoms with van der Waals surface area (Å²) in [5.41, 5.74) is 1.24. The van der Waals surface area contributed by atoms with Crippen LogP contribution in [0.2, 0.25) is 0 Å². The summed E-state index contributed by atoms with van der Waals surface area (Å²) in [6.07, 6.45) is 1.17. The molecular weight excluding hydrogens is 134 g/mol. The van der Waals surface area contributed by atoms with Crippen LogP contribution in [-0.4, -0.2) is 6.54 Å². The summed E-state index contributed by atoms with van der Waals surface area (Å²) in [7, 11) is 0. The highest BCUT2D eigenvalue weighted by Crippen LogP contribution is 1.98. The molecule has 1 nitrogen and oxygen atoms in total. The molecule has 0 aliphatic carbocycles. The van der Waals surface area contributed by atoms with Gasteiger partial charge in [-0.25, -0.2) is 0 Å². The van der Waals surface area contributed by atoms with Crippen LogP contribution in [0.25, 0.3) is 0 Å². The van der Waals surface area contributed by atoms with Gasteiger partial charge >= 0.3 is 0 Å². The number of rotatable bonds is 4. The molecule has 0 aliphatic heterocycles. The molecule has 1 N–H and O–H groups in total. The SMILES string of the molecule is CCCN[CH]c1ccccc1. The fourth-order valence-electron chi connectivity index (χ4n) is 0.884. The lowest BCUT2D eigenvalue weighted by Gasteiger charge is -2.00. The minimum atomic E-state index is 1.05. The van der Waals surface area contributed by atoms with E-state index in [4.69, 9.17) is 0 Å². The highest BCUT2D eigenvalue weighted by molar-refractivity contribution is 5.21. The molecule has 0 saturated carbocycles. The lowest BCUT2D eigenvalue weighted by molar-refractivity contribution is 0.774. The van der Waals surface area contributed by atoms with E-state index in [0.29, 0.717) is 0 Å². The molecule has 0 aliphatic rings. The lowest BCUT2D eigenvalue weighted by atomic mass is 10.2. The molecule has 1 radical (unpaired) electrons. The van der Waals surface area contributed by atoms with Gasteiger partial charge in [-0.15, -0.1) is 0 Å². The van der Waals surface area contributed by atoms with E-state index in [1.807, 2.05) is 24.7 Å². The Balaban J connectivity index is 2.28. The van der Waals surface area contributed by atoms with Gasteiger partial charge in [-0.3, -0.25) is 0 Å². The molecule has 1 heteroatoms. The standard InChI is InChI=1S/C10H14N/c1-2-8-11-9-10-6-4-3-5-7-10/h3-7,9,11H,2,8H2,1H3. The lowest BCUT2D eigenvalue weighted by Crippen LogP contribution is -2.10. The van der Waals surface area contributed by atoms with E-state index in [0.717, 1.165) is 6.54 Å². The van der Waals surface area contributed by atoms with Crippen molar-refractivity contribution in [3.05, 3.63) is 42.4 Å². The molecule has 0 unspecified atom stereocenters. The van der Waals surface area contributed by atoms with E-state index >= 15 is 0 Å². The second kappa shape index (κ2) is 4.91. The molecule has 0 saturated heterocycles. The Morgan fingerprint density at radius 3 is 2.64 bits per heavy atom. The maximum absolute atomic E-state index is 3.23. The Kier molecular flexibility index (Phi) is 3.70. The van der Waals surface area contributed by atoms with Crippen molar-refractivity contribution < 1.29 is 0 Å². The van der Waals surface area contributed by atoms with E-state index in [2.05, 4.69) is 24.4 Å². The van der Waals surface area contributed by atoms with Gasteiger partial charge in [0.2, 0.25) is 0 Å². The fourth-order valence-corrected chi connectivity index (χ4v) is 0.884. The Hall–Kier alpha value is -0.820. The van der Waals surface area contributed by atoms with Crippen molar-refractivity contribution in [2.75, 3.05) is 6.54 Å². The third-order valence-electron chi connectivity index (χ3n) is 1.46. The Morgan fingerprint density at radius 1 is 1.27 bits per heavy atom. The van der Waals surface area contributed by atoms with Gasteiger partial charge in [0.1, 0.15) is 0 Å². The monoisotopic (exact) mass is 148 g/mol. The van der Waals surface area contributed by atoms with Gasteiger partial charge in [0, 0.05) is 0 Å². The molecule has 0 spiro atoms. The molecular formula is C10H14N. The molecule has 0 bridgehead atoms. The second-order valence-corrected chi connectivity index (χ2v) is 2.51. The summed E-state index contributed by atoms with van der Waals surface area (Å²) < 4.78 is 0. The van der Waals surface area contributed by atoms with Crippen LogP contribution in [0.4, 0.5) is 0 Å². The molecule has 0 aromatic heterocycles. The minimum Gasteiger partial charge on any atom is -0.308 e. The van der Waals surface area contributed by atoms with Crippen LogP contribution in [0.1, 0.15) is 18.9 Å². The van der Waals surface area contributed by atoms with Crippen LogP contribution in [0.5, 0.6) is 0 Å². The zero-order valence-corrected chi connectivity index (χ0v) is 6.88. The van der Waals surface area contributed by atoms with Crippen molar-refractivity contribution in [3.8, 4) is 0 Å². The highest BCUT2D eigenvalue weighted by Gasteiger charge is 1.88. The summed E-state index contributed by atoms with van der Waals surface area (Å²) in [6.45, 7) is 5.25. The van der Waals surface area contributed by atoms with Gasteiger partial charge in [-0.1, -0.05) is 37.3 Å². The Bertz CT molecular complexity index is 181. The Morgan fingerprint density at radius 2 is 2.00 bits per heavy atom. The first-order valence-corrected chi connectivity index (χ1v) is 4.05. The molecule has 59 valence electrons. The summed E-state index contributed by atoms with van der Waals surface area (Å²) in [5, 5.41) is 3.23. The maximum Gasteiger partial charge on any atom is 0.0518 e. The van der Waals surface area contributed by atoms with Crippen LogP contribution < -0.4 is 5.32 Å². The summed E-state index contributed by atoms with van der Waals surface area (Å²) in [4.78, 5) is 0. The van der Waals surface area contributed by atoms with Crippen LogP contribution >= 0.6 is 0 Å². The largest absolute Gasteiger partial charge is 0.308 e. The predicted molar refractivity (Wildman–Crippen MR) is 48.1 cm³/mol. The smallest absolute Gasteiger partial charge is 0.0518 e. The third kappa shape index (κ3) is 3.19. The van der Waals surface area contributed by atoms with Gasteiger partial charge < -0.3 is 5.32 Å². The topological polar surface area (TPSA) is 12.0 Å². The quantitative estimate of drug-likeness (QED) is 0.645. The highest BCUT2D eigenvalue weighted by atomic mass is 14.8. The van der Waals surface area contributed by atoms with Crippen LogP contribution in [0, 0.1) is 6.54 Å². The molecule has 11 heavy (non-hydrogen) atoms. The molecule has 0 heterocycles. The third-order valence-corrected chi connectivity index (χ3v) is 1.46. The van der Waals surface area contributed by atoms with Crippen LogP contribution in [0.15, 0.2) is 30.3 Å². The molecule has 1 aromatic rings. The predicted octanol–water partition coefficient (Wildman–Crippen LogP) is 2.20. The minimum absolute atomic E-state index is 1.05. The van der Waals surface area contributed by atoms with Crippen molar-refractivity contribution in [3.63, 3.8) is 0 Å². The first-order chi connectivity index (χ1) is 5.43. The van der Waals surface area contributed by atoms with Crippen LogP contribution in [0.3, 0.4) is 0 Å². The summed E-state index contributed by atoms with van der Waals surface area (Å²) >= 11 is 0. The van der Waals surface area contributed by atoms with E-state index in [9.17, 15) is 0 Å². The van der Waals surface area contributed by atoms with Crippen molar-refractivity contribution in [1.82, 2.24) is 5.32 Å². The van der Waals surface area contributed by atoms with Crippen molar-refractivity contribution in [1.29, 1.82) is 0 Å². The Labute approximate surface area is 68.4 Å². The second-order valence-electron chi connectivity index (χ2n) is 2.51.